The van der Waals surface area contributed by atoms with Gasteiger partial charge in [-0.3, -0.25) is 9.59 Å². The van der Waals surface area contributed by atoms with E-state index in [1.807, 2.05) is 51.1 Å². The Labute approximate surface area is 151 Å². The third kappa shape index (κ3) is 3.44. The number of aliphatic carboxylic acids is 1. The van der Waals surface area contributed by atoms with Crippen LogP contribution in [0.25, 0.3) is 11.4 Å². The van der Waals surface area contributed by atoms with E-state index in [4.69, 9.17) is 0 Å². The van der Waals surface area contributed by atoms with Crippen molar-refractivity contribution < 1.29 is 14.7 Å². The summed E-state index contributed by atoms with van der Waals surface area (Å²) in [6.45, 7) is 6.35. The summed E-state index contributed by atoms with van der Waals surface area (Å²) in [5.41, 5.74) is 0.828. The van der Waals surface area contributed by atoms with Crippen LogP contribution in [0.5, 0.6) is 0 Å². The maximum Gasteiger partial charge on any atom is 0.308 e. The van der Waals surface area contributed by atoms with Gasteiger partial charge in [-0.2, -0.15) is 4.80 Å². The molecule has 1 aromatic heterocycles. The molecule has 0 saturated carbocycles. The lowest BCUT2D eigenvalue weighted by atomic mass is 9.99. The van der Waals surface area contributed by atoms with Crippen LogP contribution in [0.2, 0.25) is 0 Å². The molecule has 1 aliphatic heterocycles. The minimum Gasteiger partial charge on any atom is -0.481 e. The molecule has 0 spiro atoms. The lowest BCUT2D eigenvalue weighted by molar-refractivity contribution is -0.142. The van der Waals surface area contributed by atoms with Crippen LogP contribution in [0.4, 0.5) is 0 Å². The van der Waals surface area contributed by atoms with Gasteiger partial charge in [-0.25, -0.2) is 0 Å². The van der Waals surface area contributed by atoms with Crippen LogP contribution in [0.3, 0.4) is 0 Å². The summed E-state index contributed by atoms with van der Waals surface area (Å²) < 4.78 is 0. The largest absolute Gasteiger partial charge is 0.481 e. The summed E-state index contributed by atoms with van der Waals surface area (Å²) in [5, 5.41) is 21.9. The summed E-state index contributed by atoms with van der Waals surface area (Å²) >= 11 is 0. The maximum absolute atomic E-state index is 13.1. The molecule has 138 valence electrons. The number of nitrogens with zero attached hydrogens (tertiary/aromatic N) is 5. The van der Waals surface area contributed by atoms with E-state index in [1.165, 1.54) is 4.80 Å². The number of carboxylic acid groups (broad SMARTS) is 1. The van der Waals surface area contributed by atoms with Gasteiger partial charge in [0.1, 0.15) is 0 Å². The van der Waals surface area contributed by atoms with Crippen LogP contribution in [-0.4, -0.2) is 55.2 Å². The van der Waals surface area contributed by atoms with Gasteiger partial charge in [0, 0.05) is 18.7 Å². The number of aromatic nitrogens is 4. The molecule has 2 heterocycles. The molecule has 8 heteroatoms. The first-order chi connectivity index (χ1) is 12.4. The molecule has 0 bridgehead atoms. The normalized spacial score (nSPS) is 21.2. The Morgan fingerprint density at radius 1 is 1.19 bits per heavy atom. The lowest BCUT2D eigenvalue weighted by Crippen LogP contribution is -2.39. The molecule has 26 heavy (non-hydrogen) atoms. The number of tetrazole rings is 1. The maximum atomic E-state index is 13.1. The quantitative estimate of drug-likeness (QED) is 0.874. The summed E-state index contributed by atoms with van der Waals surface area (Å²) in [7, 11) is 0. The fraction of sp³-hybridized carbons (Fsp3) is 0.500. The molecule has 0 aliphatic carbocycles. The predicted octanol–water partition coefficient (Wildman–Crippen LogP) is 1.72. The number of carbonyl (C=O) groups is 2. The van der Waals surface area contributed by atoms with E-state index in [-0.39, 0.29) is 24.3 Å². The number of likely N-dealkylation sites (tertiary alicyclic amines) is 1. The van der Waals surface area contributed by atoms with Crippen molar-refractivity contribution in [3.05, 3.63) is 30.3 Å². The van der Waals surface area contributed by atoms with Gasteiger partial charge < -0.3 is 10.0 Å². The second kappa shape index (κ2) is 7.23. The average molecular weight is 357 g/mol. The second-order valence-corrected chi connectivity index (χ2v) is 7.15. The fourth-order valence-corrected chi connectivity index (χ4v) is 3.35. The van der Waals surface area contributed by atoms with Crippen LogP contribution in [0.15, 0.2) is 30.3 Å². The lowest BCUT2D eigenvalue weighted by Gasteiger charge is -2.24. The first kappa shape index (κ1) is 18.0. The number of hydrogen-bond donors (Lipinski definition) is 1. The van der Waals surface area contributed by atoms with Crippen molar-refractivity contribution >= 4 is 11.9 Å². The summed E-state index contributed by atoms with van der Waals surface area (Å²) in [6.07, 6.45) is 0. The van der Waals surface area contributed by atoms with E-state index < -0.39 is 17.9 Å². The Bertz CT molecular complexity index is 789. The van der Waals surface area contributed by atoms with E-state index in [1.54, 1.807) is 4.90 Å². The highest BCUT2D eigenvalue weighted by atomic mass is 16.4. The van der Waals surface area contributed by atoms with Crippen molar-refractivity contribution in [2.24, 2.45) is 17.8 Å². The van der Waals surface area contributed by atoms with Crippen molar-refractivity contribution in [2.75, 3.05) is 13.1 Å². The van der Waals surface area contributed by atoms with Crippen molar-refractivity contribution in [3.8, 4) is 11.4 Å². The molecule has 1 saturated heterocycles. The number of hydrogen-bond acceptors (Lipinski definition) is 5. The Balaban J connectivity index is 1.83. The van der Waals surface area contributed by atoms with Gasteiger partial charge in [-0.05, 0) is 17.0 Å². The average Bonchev–Trinajstić information content (AvgIpc) is 3.22. The van der Waals surface area contributed by atoms with E-state index in [0.717, 1.165) is 5.56 Å². The molecule has 1 fully saturated rings. The Kier molecular flexibility index (Phi) is 5.01. The van der Waals surface area contributed by atoms with E-state index >= 15 is 0 Å². The second-order valence-electron chi connectivity index (χ2n) is 7.15. The third-order valence-electron chi connectivity index (χ3n) is 4.83. The van der Waals surface area contributed by atoms with Crippen LogP contribution in [0.1, 0.15) is 26.8 Å². The first-order valence-corrected chi connectivity index (χ1v) is 8.75. The minimum atomic E-state index is -0.862. The highest BCUT2D eigenvalue weighted by molar-refractivity contribution is 5.82. The topological polar surface area (TPSA) is 101 Å². The summed E-state index contributed by atoms with van der Waals surface area (Å²) in [4.78, 5) is 27.4. The molecule has 8 nitrogen and oxygen atoms in total. The van der Waals surface area contributed by atoms with Crippen LogP contribution in [0, 0.1) is 17.8 Å². The highest BCUT2D eigenvalue weighted by Gasteiger charge is 2.40. The van der Waals surface area contributed by atoms with Crippen molar-refractivity contribution in [1.82, 2.24) is 25.1 Å². The van der Waals surface area contributed by atoms with E-state index in [2.05, 4.69) is 15.4 Å². The zero-order chi connectivity index (χ0) is 18.8. The number of carbonyl (C=O) groups excluding carboxylic acids is 1. The Morgan fingerprint density at radius 2 is 1.88 bits per heavy atom. The third-order valence-corrected chi connectivity index (χ3v) is 4.83. The summed E-state index contributed by atoms with van der Waals surface area (Å²) in [5.74, 6) is -1.23. The molecule has 0 radical (unpaired) electrons. The SMILES string of the molecule is CC(C)C(C(=O)N1C[C@@H](C)[C@H](C(=O)O)C1)n1nnc(-c2ccccc2)n1. The van der Waals surface area contributed by atoms with Crippen LogP contribution < -0.4 is 0 Å². The molecule has 1 N–H and O–H groups in total. The van der Waals surface area contributed by atoms with Gasteiger partial charge in [0.2, 0.25) is 11.7 Å². The molecule has 1 aromatic carbocycles. The van der Waals surface area contributed by atoms with Gasteiger partial charge in [0.05, 0.1) is 5.92 Å². The van der Waals surface area contributed by atoms with Gasteiger partial charge >= 0.3 is 5.97 Å². The Hall–Kier alpha value is -2.77. The monoisotopic (exact) mass is 357 g/mol. The smallest absolute Gasteiger partial charge is 0.308 e. The van der Waals surface area contributed by atoms with Gasteiger partial charge in [-0.15, -0.1) is 10.2 Å². The first-order valence-electron chi connectivity index (χ1n) is 8.75. The molecule has 1 amide bonds. The van der Waals surface area contributed by atoms with Crippen molar-refractivity contribution in [2.45, 2.75) is 26.8 Å². The Morgan fingerprint density at radius 3 is 2.46 bits per heavy atom. The van der Waals surface area contributed by atoms with Crippen LogP contribution in [-0.2, 0) is 9.59 Å². The minimum absolute atomic E-state index is 0.0560. The van der Waals surface area contributed by atoms with Gasteiger partial charge in [-0.1, -0.05) is 51.1 Å². The molecular weight excluding hydrogens is 334 g/mol. The fourth-order valence-electron chi connectivity index (χ4n) is 3.35. The molecule has 3 atom stereocenters. The molecule has 3 rings (SSSR count). The van der Waals surface area contributed by atoms with E-state index in [9.17, 15) is 14.7 Å². The molecule has 1 aliphatic rings. The molecule has 2 aromatic rings. The van der Waals surface area contributed by atoms with E-state index in [0.29, 0.717) is 12.4 Å². The zero-order valence-electron chi connectivity index (χ0n) is 15.1. The number of rotatable bonds is 5. The van der Waals surface area contributed by atoms with Gasteiger partial charge in [0.25, 0.3) is 0 Å². The molecule has 1 unspecified atom stereocenters. The highest BCUT2D eigenvalue weighted by Crippen LogP contribution is 2.28. The number of carboxylic acids is 1. The molecular formula is C18H23N5O3. The van der Waals surface area contributed by atoms with Crippen molar-refractivity contribution in [1.29, 1.82) is 0 Å². The van der Waals surface area contributed by atoms with Crippen LogP contribution >= 0.6 is 0 Å². The van der Waals surface area contributed by atoms with Gasteiger partial charge in [0.15, 0.2) is 6.04 Å². The van der Waals surface area contributed by atoms with Crippen molar-refractivity contribution in [3.63, 3.8) is 0 Å². The summed E-state index contributed by atoms with van der Waals surface area (Å²) in [6, 6.07) is 8.83. The predicted molar refractivity (Wildman–Crippen MR) is 94.0 cm³/mol. The standard InChI is InChI=1S/C18H23N5O3/c1-11(2)15(17(24)22-9-12(3)14(10-22)18(25)26)23-20-16(19-21-23)13-7-5-4-6-8-13/h4-8,11-12,14-15H,9-10H2,1-3H3,(H,25,26)/t12-,14-,15?/m1/s1. The zero-order valence-corrected chi connectivity index (χ0v) is 15.1. The number of benzene rings is 1. The number of amides is 1.